The lowest BCUT2D eigenvalue weighted by atomic mass is 9.93. The van der Waals surface area contributed by atoms with Crippen molar-refractivity contribution in [2.45, 2.75) is 32.6 Å². The average molecular weight is 164 g/mol. The Labute approximate surface area is 76.7 Å². The molecule has 0 spiro atoms. The number of allylic oxidation sites excluding steroid dienone is 3. The SMILES string of the molecule is C=CCC(=C)CC(CC)CC=C. The maximum atomic E-state index is 4.01. The number of hydrogen-bond acceptors (Lipinski definition) is 0. The van der Waals surface area contributed by atoms with Gasteiger partial charge in [0.25, 0.3) is 0 Å². The molecule has 0 amide bonds. The minimum atomic E-state index is 0.731. The van der Waals surface area contributed by atoms with Gasteiger partial charge < -0.3 is 0 Å². The van der Waals surface area contributed by atoms with Crippen LogP contribution in [0.3, 0.4) is 0 Å². The Morgan fingerprint density at radius 1 is 1.33 bits per heavy atom. The van der Waals surface area contributed by atoms with Crippen LogP contribution in [-0.2, 0) is 0 Å². The van der Waals surface area contributed by atoms with Crippen molar-refractivity contribution in [1.82, 2.24) is 0 Å². The van der Waals surface area contributed by atoms with Gasteiger partial charge in [-0.05, 0) is 25.2 Å². The third-order valence-corrected chi connectivity index (χ3v) is 2.09. The second-order valence-corrected chi connectivity index (χ2v) is 3.25. The third-order valence-electron chi connectivity index (χ3n) is 2.09. The molecule has 1 unspecified atom stereocenters. The summed E-state index contributed by atoms with van der Waals surface area (Å²) in [6.07, 6.45) is 8.30. The molecular formula is C12H20. The molecule has 0 bridgehead atoms. The summed E-state index contributed by atoms with van der Waals surface area (Å²) in [6.45, 7) is 13.7. The van der Waals surface area contributed by atoms with E-state index >= 15 is 0 Å². The Hall–Kier alpha value is -0.780. The highest BCUT2D eigenvalue weighted by atomic mass is 14.1. The molecule has 1 atom stereocenters. The van der Waals surface area contributed by atoms with Crippen LogP contribution in [0.2, 0.25) is 0 Å². The van der Waals surface area contributed by atoms with E-state index in [4.69, 9.17) is 0 Å². The normalized spacial score (nSPS) is 12.1. The van der Waals surface area contributed by atoms with Crippen molar-refractivity contribution in [2.24, 2.45) is 5.92 Å². The summed E-state index contributed by atoms with van der Waals surface area (Å²) < 4.78 is 0. The van der Waals surface area contributed by atoms with E-state index in [1.54, 1.807) is 0 Å². The second-order valence-electron chi connectivity index (χ2n) is 3.25. The van der Waals surface area contributed by atoms with Gasteiger partial charge in [-0.3, -0.25) is 0 Å². The molecule has 0 saturated carbocycles. The fourth-order valence-corrected chi connectivity index (χ4v) is 1.33. The first-order valence-electron chi connectivity index (χ1n) is 4.63. The molecule has 0 rings (SSSR count). The van der Waals surface area contributed by atoms with Gasteiger partial charge >= 0.3 is 0 Å². The van der Waals surface area contributed by atoms with Crippen molar-refractivity contribution < 1.29 is 0 Å². The van der Waals surface area contributed by atoms with E-state index in [0.717, 1.165) is 25.2 Å². The lowest BCUT2D eigenvalue weighted by Gasteiger charge is -2.12. The van der Waals surface area contributed by atoms with Gasteiger partial charge in [0.15, 0.2) is 0 Å². The molecular weight excluding hydrogens is 144 g/mol. The summed E-state index contributed by atoms with van der Waals surface area (Å²) in [5.41, 5.74) is 1.29. The highest BCUT2D eigenvalue weighted by Gasteiger charge is 2.04. The molecule has 0 radical (unpaired) electrons. The topological polar surface area (TPSA) is 0 Å². The van der Waals surface area contributed by atoms with Gasteiger partial charge in [-0.1, -0.05) is 37.6 Å². The van der Waals surface area contributed by atoms with Crippen molar-refractivity contribution >= 4 is 0 Å². The van der Waals surface area contributed by atoms with Crippen molar-refractivity contribution in [2.75, 3.05) is 0 Å². The van der Waals surface area contributed by atoms with E-state index in [1.165, 1.54) is 12.0 Å². The van der Waals surface area contributed by atoms with Crippen molar-refractivity contribution in [3.05, 3.63) is 37.5 Å². The van der Waals surface area contributed by atoms with Gasteiger partial charge in [0.05, 0.1) is 0 Å². The van der Waals surface area contributed by atoms with Gasteiger partial charge in [0.2, 0.25) is 0 Å². The highest BCUT2D eigenvalue weighted by molar-refractivity contribution is 5.01. The largest absolute Gasteiger partial charge is 0.103 e. The number of rotatable bonds is 7. The molecule has 0 saturated heterocycles. The summed E-state index contributed by atoms with van der Waals surface area (Å²) in [6, 6.07) is 0. The van der Waals surface area contributed by atoms with E-state index in [1.807, 2.05) is 12.2 Å². The molecule has 0 aromatic rings. The monoisotopic (exact) mass is 164 g/mol. The summed E-state index contributed by atoms with van der Waals surface area (Å²) in [7, 11) is 0. The zero-order valence-electron chi connectivity index (χ0n) is 8.18. The Balaban J connectivity index is 3.75. The second kappa shape index (κ2) is 6.90. The minimum Gasteiger partial charge on any atom is -0.103 e. The summed E-state index contributed by atoms with van der Waals surface area (Å²) in [4.78, 5) is 0. The van der Waals surface area contributed by atoms with E-state index in [-0.39, 0.29) is 0 Å². The maximum absolute atomic E-state index is 4.01. The molecule has 0 aliphatic carbocycles. The standard InChI is InChI=1S/C12H20/c1-5-8-11(4)10-12(7-3)9-6-2/h5-6,12H,1-2,4,7-10H2,3H3. The van der Waals surface area contributed by atoms with Gasteiger partial charge in [0.1, 0.15) is 0 Å². The Bertz CT molecular complexity index is 153. The van der Waals surface area contributed by atoms with Gasteiger partial charge in [0, 0.05) is 0 Å². The Morgan fingerprint density at radius 3 is 2.42 bits per heavy atom. The molecule has 0 heteroatoms. The molecule has 0 heterocycles. The third kappa shape index (κ3) is 4.95. The van der Waals surface area contributed by atoms with Crippen LogP contribution in [-0.4, -0.2) is 0 Å². The fraction of sp³-hybridized carbons (Fsp3) is 0.500. The molecule has 0 aliphatic rings. The zero-order chi connectivity index (χ0) is 9.40. The molecule has 68 valence electrons. The Morgan fingerprint density at radius 2 is 2.00 bits per heavy atom. The van der Waals surface area contributed by atoms with Crippen molar-refractivity contribution in [3.8, 4) is 0 Å². The van der Waals surface area contributed by atoms with E-state index in [9.17, 15) is 0 Å². The van der Waals surface area contributed by atoms with Crippen molar-refractivity contribution in [1.29, 1.82) is 0 Å². The van der Waals surface area contributed by atoms with Gasteiger partial charge in [-0.25, -0.2) is 0 Å². The lowest BCUT2D eigenvalue weighted by Crippen LogP contribution is -1.98. The maximum Gasteiger partial charge on any atom is -0.0144 e. The first-order valence-corrected chi connectivity index (χ1v) is 4.63. The smallest absolute Gasteiger partial charge is 0.0144 e. The van der Waals surface area contributed by atoms with E-state index in [0.29, 0.717) is 0 Å². The molecule has 0 fully saturated rings. The number of hydrogen-bond donors (Lipinski definition) is 0. The van der Waals surface area contributed by atoms with Crippen LogP contribution < -0.4 is 0 Å². The predicted molar refractivity (Wildman–Crippen MR) is 57.2 cm³/mol. The van der Waals surface area contributed by atoms with Crippen LogP contribution in [0.15, 0.2) is 37.5 Å². The van der Waals surface area contributed by atoms with Crippen LogP contribution in [0.4, 0.5) is 0 Å². The van der Waals surface area contributed by atoms with Crippen LogP contribution in [0.1, 0.15) is 32.6 Å². The van der Waals surface area contributed by atoms with Crippen molar-refractivity contribution in [3.63, 3.8) is 0 Å². The molecule has 0 aromatic carbocycles. The zero-order valence-corrected chi connectivity index (χ0v) is 8.18. The lowest BCUT2D eigenvalue weighted by molar-refractivity contribution is 0.509. The molecule has 0 nitrogen and oxygen atoms in total. The van der Waals surface area contributed by atoms with Crippen LogP contribution in [0.25, 0.3) is 0 Å². The minimum absolute atomic E-state index is 0.731. The van der Waals surface area contributed by atoms with Crippen LogP contribution in [0.5, 0.6) is 0 Å². The Kier molecular flexibility index (Phi) is 6.45. The first kappa shape index (κ1) is 11.2. The quantitative estimate of drug-likeness (QED) is 0.497. The fourth-order valence-electron chi connectivity index (χ4n) is 1.33. The molecule has 0 aliphatic heterocycles. The highest BCUT2D eigenvalue weighted by Crippen LogP contribution is 2.19. The van der Waals surface area contributed by atoms with E-state index < -0.39 is 0 Å². The van der Waals surface area contributed by atoms with Crippen LogP contribution in [0, 0.1) is 5.92 Å². The summed E-state index contributed by atoms with van der Waals surface area (Å²) in [5.74, 6) is 0.731. The van der Waals surface area contributed by atoms with Gasteiger partial charge in [-0.15, -0.1) is 13.2 Å². The van der Waals surface area contributed by atoms with E-state index in [2.05, 4.69) is 26.7 Å². The average Bonchev–Trinajstić information content (AvgIpc) is 2.04. The summed E-state index contributed by atoms with van der Waals surface area (Å²) >= 11 is 0. The van der Waals surface area contributed by atoms with Gasteiger partial charge in [-0.2, -0.15) is 0 Å². The molecule has 12 heavy (non-hydrogen) atoms. The van der Waals surface area contributed by atoms with Crippen LogP contribution >= 0.6 is 0 Å². The molecule has 0 N–H and O–H groups in total. The summed E-state index contributed by atoms with van der Waals surface area (Å²) in [5, 5.41) is 0. The first-order chi connectivity index (χ1) is 5.74. The predicted octanol–water partition coefficient (Wildman–Crippen LogP) is 4.11. The molecule has 0 aromatic heterocycles.